The minimum atomic E-state index is -0.507. The molecule has 2 aromatic carbocycles. The molecule has 1 heterocycles. The first kappa shape index (κ1) is 19.0. The SMILES string of the molecule is CC(C)(C)N1C(=O)[C@H](CNC(=O)OCc2ccccc2)[C@H]1c1ccccc1. The van der Waals surface area contributed by atoms with E-state index in [0.29, 0.717) is 0 Å². The third-order valence-electron chi connectivity index (χ3n) is 4.76. The fraction of sp³-hybridized carbons (Fsp3) is 0.364. The molecule has 0 saturated carbocycles. The zero-order valence-corrected chi connectivity index (χ0v) is 16.0. The molecule has 2 amide bonds. The molecule has 2 aromatic rings. The van der Waals surface area contributed by atoms with Crippen molar-refractivity contribution in [2.24, 2.45) is 5.92 Å². The van der Waals surface area contributed by atoms with Crippen LogP contribution in [-0.4, -0.2) is 29.0 Å². The Balaban J connectivity index is 1.61. The molecule has 0 radical (unpaired) electrons. The number of rotatable bonds is 5. The maximum atomic E-state index is 12.7. The van der Waals surface area contributed by atoms with E-state index in [1.165, 1.54) is 0 Å². The van der Waals surface area contributed by atoms with Crippen molar-refractivity contribution < 1.29 is 14.3 Å². The normalized spacial score (nSPS) is 19.4. The first-order chi connectivity index (χ1) is 12.9. The van der Waals surface area contributed by atoms with Crippen molar-refractivity contribution >= 4 is 12.0 Å². The van der Waals surface area contributed by atoms with Gasteiger partial charge in [-0.05, 0) is 31.9 Å². The number of nitrogens with one attached hydrogen (secondary N) is 1. The average molecular weight is 366 g/mol. The molecule has 1 aliphatic heterocycles. The molecule has 0 bridgehead atoms. The molecule has 0 aliphatic carbocycles. The molecule has 0 spiro atoms. The van der Waals surface area contributed by atoms with Gasteiger partial charge in [0.25, 0.3) is 0 Å². The van der Waals surface area contributed by atoms with Crippen LogP contribution in [0.4, 0.5) is 4.79 Å². The molecule has 0 aromatic heterocycles. The molecule has 1 aliphatic rings. The predicted octanol–water partition coefficient (Wildman–Crippen LogP) is 3.91. The Hall–Kier alpha value is -2.82. The van der Waals surface area contributed by atoms with Crippen molar-refractivity contribution in [3.63, 3.8) is 0 Å². The van der Waals surface area contributed by atoms with Gasteiger partial charge in [-0.1, -0.05) is 60.7 Å². The summed E-state index contributed by atoms with van der Waals surface area (Å²) in [5, 5.41) is 2.75. The summed E-state index contributed by atoms with van der Waals surface area (Å²) in [6, 6.07) is 19.4. The number of likely N-dealkylation sites (tertiary alicyclic amines) is 1. The molecule has 1 N–H and O–H groups in total. The Kier molecular flexibility index (Phi) is 5.49. The highest BCUT2D eigenvalue weighted by Crippen LogP contribution is 2.44. The fourth-order valence-corrected chi connectivity index (χ4v) is 3.49. The summed E-state index contributed by atoms with van der Waals surface area (Å²) in [5.41, 5.74) is 1.73. The number of benzene rings is 2. The van der Waals surface area contributed by atoms with Crippen LogP contribution in [0.5, 0.6) is 0 Å². The van der Waals surface area contributed by atoms with Crippen molar-refractivity contribution in [1.29, 1.82) is 0 Å². The van der Waals surface area contributed by atoms with Gasteiger partial charge in [-0.15, -0.1) is 0 Å². The summed E-state index contributed by atoms with van der Waals surface area (Å²) in [6.45, 7) is 6.55. The van der Waals surface area contributed by atoms with Gasteiger partial charge in [0.05, 0.1) is 12.0 Å². The van der Waals surface area contributed by atoms with Crippen LogP contribution in [0.3, 0.4) is 0 Å². The Morgan fingerprint density at radius 1 is 1.04 bits per heavy atom. The molecule has 5 heteroatoms. The fourth-order valence-electron chi connectivity index (χ4n) is 3.49. The second-order valence-corrected chi connectivity index (χ2v) is 7.78. The van der Waals surface area contributed by atoms with E-state index < -0.39 is 6.09 Å². The van der Waals surface area contributed by atoms with E-state index in [2.05, 4.69) is 5.32 Å². The van der Waals surface area contributed by atoms with E-state index in [0.717, 1.165) is 11.1 Å². The molecule has 1 saturated heterocycles. The van der Waals surface area contributed by atoms with Gasteiger partial charge in [-0.3, -0.25) is 4.79 Å². The van der Waals surface area contributed by atoms with E-state index in [4.69, 9.17) is 4.74 Å². The number of carbonyl (C=O) groups excluding carboxylic acids is 2. The summed E-state index contributed by atoms with van der Waals surface area (Å²) >= 11 is 0. The smallest absolute Gasteiger partial charge is 0.407 e. The third kappa shape index (κ3) is 4.30. The summed E-state index contributed by atoms with van der Waals surface area (Å²) in [6.07, 6.45) is -0.507. The number of alkyl carbamates (subject to hydrolysis) is 1. The highest BCUT2D eigenvalue weighted by Gasteiger charge is 2.52. The lowest BCUT2D eigenvalue weighted by Gasteiger charge is -2.54. The van der Waals surface area contributed by atoms with Crippen LogP contribution in [0, 0.1) is 5.92 Å². The number of amides is 2. The van der Waals surface area contributed by atoms with Crippen molar-refractivity contribution in [3.8, 4) is 0 Å². The maximum Gasteiger partial charge on any atom is 0.407 e. The van der Waals surface area contributed by atoms with Crippen LogP contribution in [0.15, 0.2) is 60.7 Å². The van der Waals surface area contributed by atoms with E-state index in [1.54, 1.807) is 0 Å². The topological polar surface area (TPSA) is 58.6 Å². The van der Waals surface area contributed by atoms with Crippen molar-refractivity contribution in [2.45, 2.75) is 39.0 Å². The predicted molar refractivity (Wildman–Crippen MR) is 104 cm³/mol. The minimum absolute atomic E-state index is 0.0480. The van der Waals surface area contributed by atoms with Crippen molar-refractivity contribution in [2.75, 3.05) is 6.54 Å². The summed E-state index contributed by atoms with van der Waals surface area (Å²) in [4.78, 5) is 26.6. The first-order valence-electron chi connectivity index (χ1n) is 9.20. The standard InChI is InChI=1S/C22H26N2O3/c1-22(2,3)24-19(17-12-8-5-9-13-17)18(20(24)25)14-23-21(26)27-15-16-10-6-4-7-11-16/h4-13,18-19H,14-15H2,1-3H3,(H,23,26)/t18-,19-/m1/s1. The molecule has 2 atom stereocenters. The van der Waals surface area contributed by atoms with E-state index in [-0.39, 0.29) is 36.6 Å². The van der Waals surface area contributed by atoms with Crippen LogP contribution in [0.2, 0.25) is 0 Å². The van der Waals surface area contributed by atoms with E-state index >= 15 is 0 Å². The first-order valence-corrected chi connectivity index (χ1v) is 9.20. The van der Waals surface area contributed by atoms with Gasteiger partial charge in [-0.25, -0.2) is 4.79 Å². The largest absolute Gasteiger partial charge is 0.445 e. The molecule has 142 valence electrons. The molecule has 3 rings (SSSR count). The van der Waals surface area contributed by atoms with Crippen molar-refractivity contribution in [3.05, 3.63) is 71.8 Å². The van der Waals surface area contributed by atoms with Crippen LogP contribution in [-0.2, 0) is 16.1 Å². The van der Waals surface area contributed by atoms with Gasteiger partial charge in [-0.2, -0.15) is 0 Å². The highest BCUT2D eigenvalue weighted by molar-refractivity contribution is 5.88. The Morgan fingerprint density at radius 2 is 1.63 bits per heavy atom. The van der Waals surface area contributed by atoms with E-state index in [9.17, 15) is 9.59 Å². The molecular formula is C22H26N2O3. The number of hydrogen-bond acceptors (Lipinski definition) is 3. The number of β-lactam (4-membered cyclic amide) rings is 1. The van der Waals surface area contributed by atoms with Gasteiger partial charge < -0.3 is 15.0 Å². The number of hydrogen-bond donors (Lipinski definition) is 1. The van der Waals surface area contributed by atoms with Gasteiger partial charge in [0.2, 0.25) is 5.91 Å². The molecule has 0 unspecified atom stereocenters. The second kappa shape index (κ2) is 7.82. The lowest BCUT2D eigenvalue weighted by atomic mass is 9.78. The Labute approximate surface area is 160 Å². The average Bonchev–Trinajstić information content (AvgIpc) is 2.64. The van der Waals surface area contributed by atoms with Gasteiger partial charge in [0.15, 0.2) is 0 Å². The summed E-state index contributed by atoms with van der Waals surface area (Å²) in [7, 11) is 0. The lowest BCUT2D eigenvalue weighted by molar-refractivity contribution is -0.166. The molecular weight excluding hydrogens is 340 g/mol. The van der Waals surface area contributed by atoms with Crippen LogP contribution in [0.25, 0.3) is 0 Å². The number of ether oxygens (including phenoxy) is 1. The Morgan fingerprint density at radius 3 is 2.22 bits per heavy atom. The highest BCUT2D eigenvalue weighted by atomic mass is 16.5. The van der Waals surface area contributed by atoms with Gasteiger partial charge in [0, 0.05) is 12.1 Å². The minimum Gasteiger partial charge on any atom is -0.445 e. The van der Waals surface area contributed by atoms with Crippen LogP contribution < -0.4 is 5.32 Å². The maximum absolute atomic E-state index is 12.7. The quantitative estimate of drug-likeness (QED) is 0.816. The molecule has 5 nitrogen and oxygen atoms in total. The Bertz CT molecular complexity index is 784. The lowest BCUT2D eigenvalue weighted by Crippen LogP contribution is -2.64. The van der Waals surface area contributed by atoms with Gasteiger partial charge in [0.1, 0.15) is 6.61 Å². The van der Waals surface area contributed by atoms with Gasteiger partial charge >= 0.3 is 6.09 Å². The zero-order chi connectivity index (χ0) is 19.4. The number of nitrogens with zero attached hydrogens (tertiary/aromatic N) is 1. The third-order valence-corrected chi connectivity index (χ3v) is 4.76. The second-order valence-electron chi connectivity index (χ2n) is 7.78. The molecule has 1 fully saturated rings. The van der Waals surface area contributed by atoms with Crippen LogP contribution >= 0.6 is 0 Å². The van der Waals surface area contributed by atoms with Crippen LogP contribution in [0.1, 0.15) is 37.9 Å². The summed E-state index contributed by atoms with van der Waals surface area (Å²) < 4.78 is 5.24. The number of carbonyl (C=O) groups is 2. The van der Waals surface area contributed by atoms with Crippen molar-refractivity contribution in [1.82, 2.24) is 10.2 Å². The molecule has 27 heavy (non-hydrogen) atoms. The van der Waals surface area contributed by atoms with E-state index in [1.807, 2.05) is 86.3 Å². The summed E-state index contributed by atoms with van der Waals surface area (Å²) in [5.74, 6) is -0.226. The zero-order valence-electron chi connectivity index (χ0n) is 16.0. The monoisotopic (exact) mass is 366 g/mol.